The number of rotatable bonds is 5. The Morgan fingerprint density at radius 1 is 1.44 bits per heavy atom. The first-order chi connectivity index (χ1) is 8.40. The lowest BCUT2D eigenvalue weighted by molar-refractivity contribution is 0.259. The molecule has 1 N–H and O–H groups in total. The van der Waals surface area contributed by atoms with Crippen LogP contribution in [-0.2, 0) is 11.8 Å². The van der Waals surface area contributed by atoms with Crippen molar-refractivity contribution in [2.24, 2.45) is 0 Å². The average molecular weight is 267 g/mol. The van der Waals surface area contributed by atoms with Crippen LogP contribution in [0.1, 0.15) is 31.9 Å². The van der Waals surface area contributed by atoms with Crippen LogP contribution in [0.15, 0.2) is 18.2 Å². The van der Waals surface area contributed by atoms with Crippen LogP contribution in [0.2, 0.25) is 0 Å². The van der Waals surface area contributed by atoms with Gasteiger partial charge in [0.25, 0.3) is 5.24 Å². The van der Waals surface area contributed by atoms with Crippen molar-refractivity contribution in [3.8, 4) is 5.75 Å². The van der Waals surface area contributed by atoms with E-state index in [0.29, 0.717) is 6.54 Å². The Hall–Kier alpha value is -1.16. The summed E-state index contributed by atoms with van der Waals surface area (Å²) in [5, 5.41) is 2.45. The molecule has 0 radical (unpaired) electrons. The van der Waals surface area contributed by atoms with Gasteiger partial charge in [0.05, 0.1) is 7.11 Å². The first kappa shape index (κ1) is 14.9. The molecule has 18 heavy (non-hydrogen) atoms. The number of carbonyl (C=O) groups is 1. The highest BCUT2D eigenvalue weighted by Crippen LogP contribution is 2.28. The highest BCUT2D eigenvalue weighted by atomic mass is 32.1. The summed E-state index contributed by atoms with van der Waals surface area (Å²) >= 11 is 3.72. The smallest absolute Gasteiger partial charge is 0.276 e. The second kappa shape index (κ2) is 6.14. The predicted octanol–water partition coefficient (Wildman–Crippen LogP) is 3.17. The van der Waals surface area contributed by atoms with Gasteiger partial charge in [0.1, 0.15) is 5.75 Å². The fourth-order valence-corrected chi connectivity index (χ4v) is 1.95. The van der Waals surface area contributed by atoms with Gasteiger partial charge in [-0.25, -0.2) is 0 Å². The van der Waals surface area contributed by atoms with Gasteiger partial charge in [-0.1, -0.05) is 45.5 Å². The zero-order valence-electron chi connectivity index (χ0n) is 11.4. The first-order valence-corrected chi connectivity index (χ1v) is 6.49. The molecule has 1 amide bonds. The third-order valence-electron chi connectivity index (χ3n) is 3.12. The molecule has 0 fully saturated rings. The maximum Gasteiger partial charge on any atom is 0.276 e. The molecule has 0 aliphatic rings. The van der Waals surface area contributed by atoms with Crippen LogP contribution >= 0.6 is 12.6 Å². The van der Waals surface area contributed by atoms with E-state index in [1.165, 1.54) is 11.1 Å². The third kappa shape index (κ3) is 3.67. The van der Waals surface area contributed by atoms with Crippen LogP contribution in [0.3, 0.4) is 0 Å². The number of ether oxygens (including phenoxy) is 1. The van der Waals surface area contributed by atoms with Gasteiger partial charge in [0, 0.05) is 12.0 Å². The van der Waals surface area contributed by atoms with Crippen molar-refractivity contribution >= 4 is 17.9 Å². The number of thiol groups is 1. The van der Waals surface area contributed by atoms with E-state index in [4.69, 9.17) is 4.74 Å². The zero-order valence-corrected chi connectivity index (χ0v) is 12.3. The summed E-state index contributed by atoms with van der Waals surface area (Å²) in [5.74, 6) is 0.912. The minimum atomic E-state index is -0.299. The molecule has 0 heterocycles. The number of carbonyl (C=O) groups excluding carboxylic acids is 1. The number of methoxy groups -OCH3 is 1. The summed E-state index contributed by atoms with van der Waals surface area (Å²) in [5.41, 5.74) is 2.23. The summed E-state index contributed by atoms with van der Waals surface area (Å²) < 4.78 is 5.32. The fourth-order valence-electron chi connectivity index (χ4n) is 1.87. The molecule has 0 saturated heterocycles. The maximum absolute atomic E-state index is 10.9. The molecule has 0 unspecified atom stereocenters. The number of amides is 1. The Morgan fingerprint density at radius 2 is 2.11 bits per heavy atom. The molecule has 0 aliphatic heterocycles. The van der Waals surface area contributed by atoms with Gasteiger partial charge in [-0.3, -0.25) is 4.79 Å². The Kier molecular flexibility index (Phi) is 5.08. The molecule has 3 nitrogen and oxygen atoms in total. The molecule has 0 aliphatic carbocycles. The molecule has 0 bridgehead atoms. The maximum atomic E-state index is 10.9. The number of nitrogens with one attached hydrogen (secondary N) is 1. The molecule has 0 aromatic heterocycles. The van der Waals surface area contributed by atoms with E-state index in [-0.39, 0.29) is 10.7 Å². The Bertz CT molecular complexity index is 430. The van der Waals surface area contributed by atoms with Gasteiger partial charge in [-0.2, -0.15) is 0 Å². The van der Waals surface area contributed by atoms with Crippen LogP contribution in [-0.4, -0.2) is 18.9 Å². The highest BCUT2D eigenvalue weighted by molar-refractivity contribution is 7.96. The van der Waals surface area contributed by atoms with Crippen LogP contribution in [0.4, 0.5) is 4.79 Å². The molecule has 1 aromatic rings. The Morgan fingerprint density at radius 3 is 2.61 bits per heavy atom. The van der Waals surface area contributed by atoms with E-state index in [2.05, 4.69) is 44.8 Å². The van der Waals surface area contributed by atoms with Gasteiger partial charge in [-0.15, -0.1) is 0 Å². The van der Waals surface area contributed by atoms with Crippen molar-refractivity contribution in [2.45, 2.75) is 32.6 Å². The lowest BCUT2D eigenvalue weighted by Crippen LogP contribution is -2.34. The Balaban J connectivity index is 2.97. The van der Waals surface area contributed by atoms with Gasteiger partial charge in [0.15, 0.2) is 0 Å². The average Bonchev–Trinajstić information content (AvgIpc) is 2.35. The van der Waals surface area contributed by atoms with Crippen molar-refractivity contribution in [3.05, 3.63) is 29.3 Å². The minimum Gasteiger partial charge on any atom is -0.496 e. The van der Waals surface area contributed by atoms with Crippen LogP contribution in [0.25, 0.3) is 0 Å². The van der Waals surface area contributed by atoms with Crippen molar-refractivity contribution in [1.82, 2.24) is 5.32 Å². The molecular formula is C14H21NO2S. The standard InChI is InChI=1S/C14H21NO2S/c1-5-10-8-11(6-7-12(10)17-4)14(2,3)9-15-13(16)18/h6-8H,5,9H2,1-4H3,(H2,15,16,18). The van der Waals surface area contributed by atoms with Crippen LogP contribution < -0.4 is 10.1 Å². The molecular weight excluding hydrogens is 246 g/mol. The van der Waals surface area contributed by atoms with Crippen molar-refractivity contribution in [1.29, 1.82) is 0 Å². The third-order valence-corrected chi connectivity index (χ3v) is 3.28. The number of benzene rings is 1. The summed E-state index contributed by atoms with van der Waals surface area (Å²) in [7, 11) is 1.68. The number of hydrogen-bond donors (Lipinski definition) is 2. The van der Waals surface area contributed by atoms with Gasteiger partial charge >= 0.3 is 0 Å². The second-order valence-corrected chi connectivity index (χ2v) is 5.33. The first-order valence-electron chi connectivity index (χ1n) is 6.05. The fraction of sp³-hybridized carbons (Fsp3) is 0.500. The zero-order chi connectivity index (χ0) is 13.8. The number of aryl methyl sites for hydroxylation is 1. The molecule has 0 atom stereocenters. The van der Waals surface area contributed by atoms with Gasteiger partial charge < -0.3 is 10.1 Å². The van der Waals surface area contributed by atoms with E-state index in [0.717, 1.165) is 12.2 Å². The molecule has 0 spiro atoms. The Labute approximate surface area is 114 Å². The van der Waals surface area contributed by atoms with E-state index >= 15 is 0 Å². The molecule has 1 aromatic carbocycles. The second-order valence-electron chi connectivity index (χ2n) is 4.92. The van der Waals surface area contributed by atoms with Crippen molar-refractivity contribution in [3.63, 3.8) is 0 Å². The van der Waals surface area contributed by atoms with Crippen LogP contribution in [0.5, 0.6) is 5.75 Å². The predicted molar refractivity (Wildman–Crippen MR) is 77.8 cm³/mol. The molecule has 1 rings (SSSR count). The van der Waals surface area contributed by atoms with Crippen molar-refractivity contribution in [2.75, 3.05) is 13.7 Å². The van der Waals surface area contributed by atoms with Crippen LogP contribution in [0, 0.1) is 0 Å². The highest BCUT2D eigenvalue weighted by Gasteiger charge is 2.22. The lowest BCUT2D eigenvalue weighted by Gasteiger charge is -2.26. The minimum absolute atomic E-state index is 0.130. The summed E-state index contributed by atoms with van der Waals surface area (Å²) in [6, 6.07) is 6.17. The molecule has 4 heteroatoms. The topological polar surface area (TPSA) is 38.3 Å². The summed E-state index contributed by atoms with van der Waals surface area (Å²) in [6.45, 7) is 6.85. The van der Waals surface area contributed by atoms with Gasteiger partial charge in [-0.05, 0) is 23.6 Å². The van der Waals surface area contributed by atoms with E-state index in [9.17, 15) is 4.79 Å². The summed E-state index contributed by atoms with van der Waals surface area (Å²) in [4.78, 5) is 10.9. The normalized spacial score (nSPS) is 11.2. The largest absolute Gasteiger partial charge is 0.496 e. The molecule has 100 valence electrons. The number of hydrogen-bond acceptors (Lipinski definition) is 2. The SMILES string of the molecule is CCc1cc(C(C)(C)CNC(=O)S)ccc1OC. The summed E-state index contributed by atoms with van der Waals surface area (Å²) in [6.07, 6.45) is 0.923. The lowest BCUT2D eigenvalue weighted by atomic mass is 9.83. The molecule has 0 saturated carbocycles. The van der Waals surface area contributed by atoms with E-state index < -0.39 is 0 Å². The quantitative estimate of drug-likeness (QED) is 0.804. The van der Waals surface area contributed by atoms with E-state index in [1.807, 2.05) is 12.1 Å². The monoisotopic (exact) mass is 267 g/mol. The van der Waals surface area contributed by atoms with Gasteiger partial charge in [0.2, 0.25) is 0 Å². The van der Waals surface area contributed by atoms with Crippen molar-refractivity contribution < 1.29 is 9.53 Å². The van der Waals surface area contributed by atoms with E-state index in [1.54, 1.807) is 7.11 Å².